The number of hydrogen-bond acceptors (Lipinski definition) is 4. The van der Waals surface area contributed by atoms with Crippen LogP contribution >= 0.6 is 11.3 Å². The summed E-state index contributed by atoms with van der Waals surface area (Å²) in [7, 11) is 0. The van der Waals surface area contributed by atoms with E-state index in [9.17, 15) is 9.90 Å². The molecule has 0 aliphatic heterocycles. The molecule has 0 amide bonds. The van der Waals surface area contributed by atoms with Crippen molar-refractivity contribution in [1.82, 2.24) is 4.98 Å². The van der Waals surface area contributed by atoms with Gasteiger partial charge in [0.2, 0.25) is 0 Å². The molecule has 1 aromatic carbocycles. The molecule has 2 aromatic rings. The molecule has 0 saturated carbocycles. The highest BCUT2D eigenvalue weighted by molar-refractivity contribution is 7.13. The zero-order valence-electron chi connectivity index (χ0n) is 13.0. The van der Waals surface area contributed by atoms with E-state index in [1.165, 1.54) is 11.3 Å². The minimum Gasteiger partial charge on any atom is -0.493 e. The Bertz CT molecular complexity index is 637. The molecule has 0 fully saturated rings. The van der Waals surface area contributed by atoms with Gasteiger partial charge in [0.05, 0.1) is 17.3 Å². The number of rotatable bonds is 8. The number of carboxylic acid groups (broad SMARTS) is 1. The third kappa shape index (κ3) is 4.31. The zero-order valence-corrected chi connectivity index (χ0v) is 13.8. The molecule has 22 heavy (non-hydrogen) atoms. The van der Waals surface area contributed by atoms with Crippen molar-refractivity contribution in [3.63, 3.8) is 0 Å². The molecule has 0 spiro atoms. The van der Waals surface area contributed by atoms with Gasteiger partial charge in [-0.3, -0.25) is 0 Å². The van der Waals surface area contributed by atoms with Crippen molar-refractivity contribution in [2.24, 2.45) is 0 Å². The highest BCUT2D eigenvalue weighted by atomic mass is 32.1. The highest BCUT2D eigenvalue weighted by Crippen LogP contribution is 2.22. The first kappa shape index (κ1) is 16.5. The van der Waals surface area contributed by atoms with E-state index in [1.807, 2.05) is 38.1 Å². The molecule has 0 saturated heterocycles. The van der Waals surface area contributed by atoms with Gasteiger partial charge < -0.3 is 9.84 Å². The molecule has 0 aliphatic carbocycles. The number of nitrogens with zero attached hydrogens (tertiary/aromatic N) is 1. The number of aryl methyl sites for hydroxylation is 3. The van der Waals surface area contributed by atoms with Gasteiger partial charge in [-0.05, 0) is 31.4 Å². The molecule has 1 aromatic heterocycles. The van der Waals surface area contributed by atoms with Crippen molar-refractivity contribution in [3.05, 3.63) is 45.4 Å². The maximum Gasteiger partial charge on any atom is 0.347 e. The van der Waals surface area contributed by atoms with Gasteiger partial charge in [-0.25, -0.2) is 9.78 Å². The quantitative estimate of drug-likeness (QED) is 0.744. The topological polar surface area (TPSA) is 59.4 Å². The Morgan fingerprint density at radius 3 is 2.77 bits per heavy atom. The maximum absolute atomic E-state index is 11.2. The standard InChI is InChI=1S/C17H21NO3S/c1-3-7-13-16(17(19)20)22-15(18-13)10-6-11-21-14-9-5-4-8-12(14)2/h4-5,8-9H,3,6-7,10-11H2,1-2H3,(H,19,20). The van der Waals surface area contributed by atoms with Crippen LogP contribution in [0, 0.1) is 6.92 Å². The Morgan fingerprint density at radius 1 is 1.32 bits per heavy atom. The van der Waals surface area contributed by atoms with Crippen LogP contribution in [0.3, 0.4) is 0 Å². The average molecular weight is 319 g/mol. The summed E-state index contributed by atoms with van der Waals surface area (Å²) >= 11 is 1.29. The van der Waals surface area contributed by atoms with Gasteiger partial charge in [0.25, 0.3) is 0 Å². The van der Waals surface area contributed by atoms with Gasteiger partial charge in [-0.15, -0.1) is 11.3 Å². The molecule has 118 valence electrons. The van der Waals surface area contributed by atoms with Crippen molar-refractivity contribution in [1.29, 1.82) is 0 Å². The first-order chi connectivity index (χ1) is 10.6. The van der Waals surface area contributed by atoms with E-state index in [1.54, 1.807) is 0 Å². The third-order valence-corrected chi connectivity index (χ3v) is 4.45. The van der Waals surface area contributed by atoms with E-state index in [2.05, 4.69) is 4.98 Å². The number of thiazole rings is 1. The molecule has 0 atom stereocenters. The Balaban J connectivity index is 1.88. The summed E-state index contributed by atoms with van der Waals surface area (Å²) in [6.45, 7) is 4.66. The van der Waals surface area contributed by atoms with Crippen LogP contribution in [-0.4, -0.2) is 22.7 Å². The smallest absolute Gasteiger partial charge is 0.347 e. The van der Waals surface area contributed by atoms with Gasteiger partial charge in [0.1, 0.15) is 10.6 Å². The molecule has 0 unspecified atom stereocenters. The molecule has 0 aliphatic rings. The maximum atomic E-state index is 11.2. The minimum atomic E-state index is -0.872. The Hall–Kier alpha value is -1.88. The van der Waals surface area contributed by atoms with Crippen LogP contribution in [0.4, 0.5) is 0 Å². The average Bonchev–Trinajstić information content (AvgIpc) is 2.89. The fourth-order valence-corrected chi connectivity index (χ4v) is 3.20. The van der Waals surface area contributed by atoms with Crippen LogP contribution in [0.25, 0.3) is 0 Å². The molecular formula is C17H21NO3S. The molecule has 5 heteroatoms. The van der Waals surface area contributed by atoms with Crippen molar-refractivity contribution in [2.75, 3.05) is 6.61 Å². The predicted molar refractivity (Wildman–Crippen MR) is 88.1 cm³/mol. The molecule has 2 rings (SSSR count). The number of carboxylic acids is 1. The van der Waals surface area contributed by atoms with Crippen LogP contribution in [0.2, 0.25) is 0 Å². The van der Waals surface area contributed by atoms with Crippen molar-refractivity contribution in [3.8, 4) is 5.75 Å². The van der Waals surface area contributed by atoms with Crippen LogP contribution < -0.4 is 4.74 Å². The number of benzene rings is 1. The number of hydrogen-bond donors (Lipinski definition) is 1. The molecule has 1 heterocycles. The van der Waals surface area contributed by atoms with E-state index in [0.29, 0.717) is 11.5 Å². The normalized spacial score (nSPS) is 10.6. The monoisotopic (exact) mass is 319 g/mol. The second-order valence-electron chi connectivity index (χ2n) is 5.16. The number of para-hydroxylation sites is 1. The summed E-state index contributed by atoms with van der Waals surface area (Å²) in [4.78, 5) is 16.1. The molecular weight excluding hydrogens is 298 g/mol. The minimum absolute atomic E-state index is 0.386. The first-order valence-electron chi connectivity index (χ1n) is 7.52. The third-order valence-electron chi connectivity index (χ3n) is 3.31. The Kier molecular flexibility index (Phi) is 5.95. The van der Waals surface area contributed by atoms with E-state index in [4.69, 9.17) is 4.74 Å². The molecule has 0 radical (unpaired) electrons. The predicted octanol–water partition coefficient (Wildman–Crippen LogP) is 4.11. The van der Waals surface area contributed by atoms with E-state index < -0.39 is 5.97 Å². The highest BCUT2D eigenvalue weighted by Gasteiger charge is 2.16. The zero-order chi connectivity index (χ0) is 15.9. The van der Waals surface area contributed by atoms with Gasteiger partial charge in [0, 0.05) is 6.42 Å². The van der Waals surface area contributed by atoms with Gasteiger partial charge in [-0.1, -0.05) is 31.5 Å². The van der Waals surface area contributed by atoms with Gasteiger partial charge in [-0.2, -0.15) is 0 Å². The number of ether oxygens (including phenoxy) is 1. The lowest BCUT2D eigenvalue weighted by Crippen LogP contribution is -2.00. The summed E-state index contributed by atoms with van der Waals surface area (Å²) < 4.78 is 5.75. The van der Waals surface area contributed by atoms with E-state index in [0.717, 1.165) is 47.7 Å². The Labute approximate surface area is 134 Å². The number of carbonyl (C=O) groups is 1. The SMILES string of the molecule is CCCc1nc(CCCOc2ccccc2C)sc1C(=O)O. The summed E-state index contributed by atoms with van der Waals surface area (Å²) in [6.07, 6.45) is 3.20. The fraction of sp³-hybridized carbons (Fsp3) is 0.412. The second-order valence-corrected chi connectivity index (χ2v) is 6.24. The van der Waals surface area contributed by atoms with Crippen molar-refractivity contribution in [2.45, 2.75) is 39.5 Å². The molecule has 4 nitrogen and oxygen atoms in total. The summed E-state index contributed by atoms with van der Waals surface area (Å²) in [5.41, 5.74) is 1.84. The van der Waals surface area contributed by atoms with Crippen LogP contribution in [0.15, 0.2) is 24.3 Å². The summed E-state index contributed by atoms with van der Waals surface area (Å²) in [5.74, 6) is 0.0305. The van der Waals surface area contributed by atoms with Crippen LogP contribution in [-0.2, 0) is 12.8 Å². The lowest BCUT2D eigenvalue weighted by Gasteiger charge is -2.07. The van der Waals surface area contributed by atoms with Crippen molar-refractivity contribution < 1.29 is 14.6 Å². The Morgan fingerprint density at radius 2 is 2.09 bits per heavy atom. The summed E-state index contributed by atoms with van der Waals surface area (Å²) in [6, 6.07) is 7.92. The van der Waals surface area contributed by atoms with E-state index >= 15 is 0 Å². The first-order valence-corrected chi connectivity index (χ1v) is 8.33. The largest absolute Gasteiger partial charge is 0.493 e. The molecule has 0 bridgehead atoms. The van der Waals surface area contributed by atoms with Crippen LogP contribution in [0.1, 0.15) is 45.7 Å². The van der Waals surface area contributed by atoms with Crippen LogP contribution in [0.5, 0.6) is 5.75 Å². The fourth-order valence-electron chi connectivity index (χ4n) is 2.20. The van der Waals surface area contributed by atoms with E-state index in [-0.39, 0.29) is 0 Å². The second kappa shape index (κ2) is 7.94. The lowest BCUT2D eigenvalue weighted by molar-refractivity contribution is 0.0700. The number of aromatic carboxylic acids is 1. The summed E-state index contributed by atoms with van der Waals surface area (Å²) in [5, 5.41) is 10.1. The molecule has 1 N–H and O–H groups in total. The van der Waals surface area contributed by atoms with Gasteiger partial charge >= 0.3 is 5.97 Å². The lowest BCUT2D eigenvalue weighted by atomic mass is 10.2. The number of aromatic nitrogens is 1. The van der Waals surface area contributed by atoms with Gasteiger partial charge in [0.15, 0.2) is 0 Å². The van der Waals surface area contributed by atoms with Crippen molar-refractivity contribution >= 4 is 17.3 Å².